The van der Waals surface area contributed by atoms with Crippen LogP contribution in [-0.2, 0) is 16.0 Å². The maximum Gasteiger partial charge on any atom is 0.293 e. The number of amides is 1. The molecule has 0 bridgehead atoms. The molecule has 2 atom stereocenters. The highest BCUT2D eigenvalue weighted by atomic mass is 19.1. The first-order valence-electron chi connectivity index (χ1n) is 9.45. The molecule has 1 aliphatic carbocycles. The number of rotatable bonds is 5. The van der Waals surface area contributed by atoms with Crippen molar-refractivity contribution in [2.75, 3.05) is 4.90 Å². The molecule has 29 heavy (non-hydrogen) atoms. The predicted octanol–water partition coefficient (Wildman–Crippen LogP) is 3.48. The lowest BCUT2D eigenvalue weighted by Crippen LogP contribution is -2.41. The minimum Gasteiger partial charge on any atom is -0.452 e. The summed E-state index contributed by atoms with van der Waals surface area (Å²) in [5.74, 6) is 0.247. The van der Waals surface area contributed by atoms with E-state index < -0.39 is 6.36 Å². The second-order valence-electron chi connectivity index (χ2n) is 7.26. The topological polar surface area (TPSA) is 112 Å². The first-order chi connectivity index (χ1) is 14.0. The van der Waals surface area contributed by atoms with Crippen molar-refractivity contribution < 1.29 is 18.7 Å². The Kier molecular flexibility index (Phi) is 5.92. The van der Waals surface area contributed by atoms with Gasteiger partial charge in [0.05, 0.1) is 17.9 Å². The minimum absolute atomic E-state index is 0.0542. The summed E-state index contributed by atoms with van der Waals surface area (Å²) in [5, 5.41) is 16.4. The number of carbonyl (C=O) groups excluding carboxylic acids is 2. The lowest BCUT2D eigenvalue weighted by Gasteiger charge is -2.36. The van der Waals surface area contributed by atoms with Crippen LogP contribution >= 0.6 is 0 Å². The van der Waals surface area contributed by atoms with Crippen LogP contribution in [0.25, 0.3) is 11.1 Å². The SMILES string of the molecule is CC(=O)N1c2ccc(-c3cnn(C4CC4)c3)c(O[C@H](F)C=O)c2CC[C@@H]1C.N#N. The molecule has 9 heteroatoms. The fraction of sp³-hybridized carbons (Fsp3) is 0.450. The first-order valence-corrected chi connectivity index (χ1v) is 9.45. The summed E-state index contributed by atoms with van der Waals surface area (Å²) >= 11 is 0. The van der Waals surface area contributed by atoms with E-state index in [9.17, 15) is 14.0 Å². The lowest BCUT2D eigenvalue weighted by molar-refractivity contribution is -0.120. The van der Waals surface area contributed by atoms with E-state index in [4.69, 9.17) is 15.5 Å². The highest BCUT2D eigenvalue weighted by Gasteiger charge is 2.31. The highest BCUT2D eigenvalue weighted by molar-refractivity contribution is 5.95. The molecule has 1 saturated carbocycles. The number of hydrogen-bond donors (Lipinski definition) is 0. The first kappa shape index (κ1) is 20.5. The normalized spacial score (nSPS) is 18.8. The zero-order valence-electron chi connectivity index (χ0n) is 16.3. The van der Waals surface area contributed by atoms with Gasteiger partial charge in [-0.3, -0.25) is 14.3 Å². The average molecular weight is 399 g/mol. The molecular weight excluding hydrogens is 377 g/mol. The molecule has 2 aliphatic rings. The number of nitrogens with zero attached hydrogens (tertiary/aromatic N) is 5. The Hall–Kier alpha value is -3.28. The van der Waals surface area contributed by atoms with Crippen molar-refractivity contribution in [2.24, 2.45) is 0 Å². The molecule has 1 amide bonds. The lowest BCUT2D eigenvalue weighted by atomic mass is 9.92. The van der Waals surface area contributed by atoms with Gasteiger partial charge in [-0.05, 0) is 44.7 Å². The second kappa shape index (κ2) is 8.39. The molecule has 0 unspecified atom stereocenters. The molecule has 152 valence electrons. The smallest absolute Gasteiger partial charge is 0.293 e. The molecule has 0 N–H and O–H groups in total. The van der Waals surface area contributed by atoms with Crippen LogP contribution in [-0.4, -0.2) is 34.4 Å². The molecule has 2 aromatic rings. The quantitative estimate of drug-likeness (QED) is 0.562. The van der Waals surface area contributed by atoms with E-state index in [0.29, 0.717) is 29.5 Å². The van der Waals surface area contributed by atoms with Gasteiger partial charge in [0.15, 0.2) is 6.29 Å². The Morgan fingerprint density at radius 3 is 2.69 bits per heavy atom. The molecule has 0 saturated heterocycles. The molecule has 1 fully saturated rings. The van der Waals surface area contributed by atoms with Crippen molar-refractivity contribution >= 4 is 17.9 Å². The number of benzene rings is 1. The molecule has 0 spiro atoms. The molecule has 1 aliphatic heterocycles. The third-order valence-electron chi connectivity index (χ3n) is 5.26. The number of aromatic nitrogens is 2. The van der Waals surface area contributed by atoms with E-state index >= 15 is 0 Å². The maximum atomic E-state index is 13.9. The van der Waals surface area contributed by atoms with Crippen molar-refractivity contribution in [2.45, 2.75) is 58.0 Å². The molecular formula is C20H22FN5O3. The number of ether oxygens (including phenoxy) is 1. The van der Waals surface area contributed by atoms with Gasteiger partial charge in [0.2, 0.25) is 5.91 Å². The van der Waals surface area contributed by atoms with Crippen molar-refractivity contribution in [3.05, 3.63) is 30.1 Å². The van der Waals surface area contributed by atoms with Gasteiger partial charge in [-0.2, -0.15) is 9.49 Å². The van der Waals surface area contributed by atoms with Crippen molar-refractivity contribution in [1.82, 2.24) is 9.78 Å². The third kappa shape index (κ3) is 3.97. The van der Waals surface area contributed by atoms with Crippen LogP contribution < -0.4 is 9.64 Å². The van der Waals surface area contributed by atoms with E-state index in [2.05, 4.69) is 5.10 Å². The molecule has 2 heterocycles. The van der Waals surface area contributed by atoms with Gasteiger partial charge in [-0.25, -0.2) is 0 Å². The van der Waals surface area contributed by atoms with Gasteiger partial charge < -0.3 is 9.64 Å². The zero-order chi connectivity index (χ0) is 21.1. The number of anilines is 1. The van der Waals surface area contributed by atoms with E-state index in [1.165, 1.54) is 6.92 Å². The highest BCUT2D eigenvalue weighted by Crippen LogP contribution is 2.44. The van der Waals surface area contributed by atoms with Crippen LogP contribution in [0.2, 0.25) is 0 Å². The number of aldehydes is 1. The van der Waals surface area contributed by atoms with E-state index in [-0.39, 0.29) is 18.2 Å². The molecule has 1 aromatic carbocycles. The molecule has 1 aromatic heterocycles. The zero-order valence-corrected chi connectivity index (χ0v) is 16.3. The summed E-state index contributed by atoms with van der Waals surface area (Å²) in [6.07, 6.45) is 5.33. The van der Waals surface area contributed by atoms with Gasteiger partial charge in [-0.15, -0.1) is 0 Å². The molecule has 8 nitrogen and oxygen atoms in total. The summed E-state index contributed by atoms with van der Waals surface area (Å²) in [6, 6.07) is 4.17. The van der Waals surface area contributed by atoms with Gasteiger partial charge in [0.25, 0.3) is 6.36 Å². The van der Waals surface area contributed by atoms with Crippen molar-refractivity contribution in [1.29, 1.82) is 10.8 Å². The summed E-state index contributed by atoms with van der Waals surface area (Å²) in [5.41, 5.74) is 2.96. The van der Waals surface area contributed by atoms with Crippen molar-refractivity contribution in [3.63, 3.8) is 0 Å². The van der Waals surface area contributed by atoms with Crippen molar-refractivity contribution in [3.8, 4) is 16.9 Å². The summed E-state index contributed by atoms with van der Waals surface area (Å²) in [4.78, 5) is 24.7. The Morgan fingerprint density at radius 1 is 1.34 bits per heavy atom. The summed E-state index contributed by atoms with van der Waals surface area (Å²) in [7, 11) is 0. The van der Waals surface area contributed by atoms with Crippen LogP contribution in [0.3, 0.4) is 0 Å². The largest absolute Gasteiger partial charge is 0.452 e. The summed E-state index contributed by atoms with van der Waals surface area (Å²) < 4.78 is 21.2. The Labute approximate surface area is 167 Å². The van der Waals surface area contributed by atoms with Gasteiger partial charge in [0, 0.05) is 46.6 Å². The van der Waals surface area contributed by atoms with Crippen LogP contribution in [0.5, 0.6) is 5.75 Å². The van der Waals surface area contributed by atoms with Crippen LogP contribution in [0.1, 0.15) is 44.7 Å². The van der Waals surface area contributed by atoms with E-state index in [0.717, 1.165) is 30.4 Å². The molecule has 0 radical (unpaired) electrons. The summed E-state index contributed by atoms with van der Waals surface area (Å²) in [6.45, 7) is 3.50. The number of alkyl halides is 1. The maximum absolute atomic E-state index is 13.9. The molecule has 4 rings (SSSR count). The van der Waals surface area contributed by atoms with Crippen LogP contribution in [0.15, 0.2) is 24.5 Å². The Bertz CT molecular complexity index is 937. The van der Waals surface area contributed by atoms with E-state index in [1.807, 2.05) is 29.9 Å². The second-order valence-corrected chi connectivity index (χ2v) is 7.26. The Morgan fingerprint density at radius 2 is 2.07 bits per heavy atom. The minimum atomic E-state index is -2.06. The van der Waals surface area contributed by atoms with Gasteiger partial charge in [0.1, 0.15) is 5.75 Å². The van der Waals surface area contributed by atoms with Crippen LogP contribution in [0, 0.1) is 10.8 Å². The fourth-order valence-electron chi connectivity index (χ4n) is 3.80. The number of carbonyl (C=O) groups is 2. The average Bonchev–Trinajstić information content (AvgIpc) is 3.46. The van der Waals surface area contributed by atoms with E-state index in [1.54, 1.807) is 11.1 Å². The standard InChI is InChI=1S/C20H22FN3O3.N2/c1-12-3-6-17-18(24(12)13(2)26)8-7-16(20(17)27-19(21)11-25)14-9-22-23(10-14)15-4-5-15;1-2/h7-12,15,19H,3-6H2,1-2H3;/t12-,19-;/m0./s1. The van der Waals surface area contributed by atoms with Crippen LogP contribution in [0.4, 0.5) is 10.1 Å². The predicted molar refractivity (Wildman–Crippen MR) is 102 cm³/mol. The fourth-order valence-corrected chi connectivity index (χ4v) is 3.80. The monoisotopic (exact) mass is 399 g/mol. The third-order valence-corrected chi connectivity index (χ3v) is 5.26. The number of fused-ring (bicyclic) bond motifs is 1. The van der Waals surface area contributed by atoms with Gasteiger partial charge in [-0.1, -0.05) is 0 Å². The Balaban J connectivity index is 0.00000117. The number of hydrogen-bond acceptors (Lipinski definition) is 6. The van der Waals surface area contributed by atoms with Gasteiger partial charge >= 0.3 is 0 Å². The number of halogens is 1.